The van der Waals surface area contributed by atoms with E-state index in [0.717, 1.165) is 5.56 Å². The Labute approximate surface area is 135 Å². The van der Waals surface area contributed by atoms with Crippen LogP contribution in [0.4, 0.5) is 5.69 Å². The van der Waals surface area contributed by atoms with Crippen LogP contribution in [0.3, 0.4) is 0 Å². The lowest BCUT2D eigenvalue weighted by molar-refractivity contribution is -0.126. The van der Waals surface area contributed by atoms with Crippen molar-refractivity contribution in [2.45, 2.75) is 19.4 Å². The van der Waals surface area contributed by atoms with Crippen LogP contribution in [0, 0.1) is 19.3 Å². The first kappa shape index (κ1) is 15.0. The lowest BCUT2D eigenvalue weighted by atomic mass is 10.0. The van der Waals surface area contributed by atoms with Gasteiger partial charge in [-0.15, -0.1) is 6.42 Å². The first-order valence-corrected chi connectivity index (χ1v) is 7.38. The molecule has 1 atom stereocenters. The van der Waals surface area contributed by atoms with Crippen molar-refractivity contribution in [3.8, 4) is 23.8 Å². The fraction of sp³-hybridized carbons (Fsp3) is 0.211. The second-order valence-electron chi connectivity index (χ2n) is 5.58. The van der Waals surface area contributed by atoms with E-state index < -0.39 is 6.10 Å². The highest BCUT2D eigenvalue weighted by atomic mass is 16.5. The van der Waals surface area contributed by atoms with E-state index in [0.29, 0.717) is 17.9 Å². The maximum atomic E-state index is 12.7. The van der Waals surface area contributed by atoms with Crippen molar-refractivity contribution in [3.63, 3.8) is 0 Å². The molecule has 2 aromatic rings. The normalized spacial score (nSPS) is 16.4. The van der Waals surface area contributed by atoms with Gasteiger partial charge in [-0.1, -0.05) is 35.7 Å². The van der Waals surface area contributed by atoms with Gasteiger partial charge in [-0.3, -0.25) is 9.69 Å². The summed E-state index contributed by atoms with van der Waals surface area (Å²) in [5, 5.41) is 9.64. The van der Waals surface area contributed by atoms with Crippen molar-refractivity contribution < 1.29 is 14.6 Å². The number of hydrogen-bond donors (Lipinski definition) is 1. The van der Waals surface area contributed by atoms with Crippen LogP contribution in [0.15, 0.2) is 42.5 Å². The third kappa shape index (κ3) is 3.00. The molecule has 4 heteroatoms. The average Bonchev–Trinajstić information content (AvgIpc) is 2.54. The second kappa shape index (κ2) is 6.05. The number of aryl methyl sites for hydroxylation is 1. The molecule has 0 bridgehead atoms. The molecule has 1 heterocycles. The quantitative estimate of drug-likeness (QED) is 0.887. The first-order valence-electron chi connectivity index (χ1n) is 7.38. The number of amides is 1. The minimum Gasteiger partial charge on any atom is -0.508 e. The molecule has 3 rings (SSSR count). The zero-order valence-electron chi connectivity index (χ0n) is 12.8. The van der Waals surface area contributed by atoms with Crippen molar-refractivity contribution in [3.05, 3.63) is 53.6 Å². The molecule has 0 saturated heterocycles. The number of benzene rings is 2. The molecule has 0 fully saturated rings. The molecule has 1 aliphatic heterocycles. The van der Waals surface area contributed by atoms with Gasteiger partial charge >= 0.3 is 0 Å². The van der Waals surface area contributed by atoms with Crippen molar-refractivity contribution in [2.24, 2.45) is 0 Å². The fourth-order valence-corrected chi connectivity index (χ4v) is 2.63. The average molecular weight is 307 g/mol. The summed E-state index contributed by atoms with van der Waals surface area (Å²) in [6.45, 7) is 2.16. The summed E-state index contributed by atoms with van der Waals surface area (Å²) in [6.07, 6.45) is 5.23. The van der Waals surface area contributed by atoms with Crippen LogP contribution >= 0.6 is 0 Å². The summed E-state index contributed by atoms with van der Waals surface area (Å²) in [5.41, 5.74) is 2.70. The summed E-state index contributed by atoms with van der Waals surface area (Å²) in [7, 11) is 0. The molecule has 1 aliphatic rings. The van der Waals surface area contributed by atoms with Crippen LogP contribution in [-0.2, 0) is 11.2 Å². The Morgan fingerprint density at radius 2 is 2.00 bits per heavy atom. The summed E-state index contributed by atoms with van der Waals surface area (Å²) in [6, 6.07) is 12.7. The number of phenolic OH excluding ortho intramolecular Hbond substituents is 1. The van der Waals surface area contributed by atoms with Gasteiger partial charge in [-0.05, 0) is 24.6 Å². The van der Waals surface area contributed by atoms with E-state index in [4.69, 9.17) is 11.2 Å². The minimum atomic E-state index is -0.622. The number of aromatic hydroxyl groups is 1. The highest BCUT2D eigenvalue weighted by Crippen LogP contribution is 2.37. The molecule has 1 unspecified atom stereocenters. The van der Waals surface area contributed by atoms with Gasteiger partial charge in [0.1, 0.15) is 11.5 Å². The molecule has 0 spiro atoms. The van der Waals surface area contributed by atoms with Crippen molar-refractivity contribution in [2.75, 3.05) is 11.4 Å². The largest absolute Gasteiger partial charge is 0.508 e. The highest BCUT2D eigenvalue weighted by molar-refractivity contribution is 6.00. The van der Waals surface area contributed by atoms with Crippen molar-refractivity contribution in [1.29, 1.82) is 0 Å². The predicted octanol–water partition coefficient (Wildman–Crippen LogP) is 2.67. The molecule has 0 saturated carbocycles. The van der Waals surface area contributed by atoms with Gasteiger partial charge in [-0.25, -0.2) is 0 Å². The number of nitrogens with zero attached hydrogens (tertiary/aromatic N) is 1. The van der Waals surface area contributed by atoms with E-state index in [1.165, 1.54) is 22.6 Å². The van der Waals surface area contributed by atoms with E-state index in [1.54, 1.807) is 6.07 Å². The number of ether oxygens (including phenoxy) is 1. The second-order valence-corrected chi connectivity index (χ2v) is 5.58. The number of phenols is 1. The van der Waals surface area contributed by atoms with E-state index in [9.17, 15) is 9.90 Å². The Morgan fingerprint density at radius 1 is 1.26 bits per heavy atom. The van der Waals surface area contributed by atoms with E-state index >= 15 is 0 Å². The fourth-order valence-electron chi connectivity index (χ4n) is 2.63. The van der Waals surface area contributed by atoms with Crippen LogP contribution in [0.25, 0.3) is 0 Å². The zero-order chi connectivity index (χ0) is 16.4. The summed E-state index contributed by atoms with van der Waals surface area (Å²) in [5.74, 6) is 2.91. The molecule has 1 amide bonds. The monoisotopic (exact) mass is 307 g/mol. The highest BCUT2D eigenvalue weighted by Gasteiger charge is 2.34. The molecule has 2 aromatic carbocycles. The Bertz CT molecular complexity index is 774. The maximum Gasteiger partial charge on any atom is 0.269 e. The number of hydrogen-bond acceptors (Lipinski definition) is 3. The molecular weight excluding hydrogens is 290 g/mol. The molecule has 0 radical (unpaired) electrons. The topological polar surface area (TPSA) is 49.8 Å². The number of fused-ring (bicyclic) bond motifs is 1. The van der Waals surface area contributed by atoms with Crippen LogP contribution < -0.4 is 9.64 Å². The lowest BCUT2D eigenvalue weighted by Gasteiger charge is -2.33. The number of carbonyl (C=O) groups excluding carboxylic acids is 1. The van der Waals surface area contributed by atoms with Crippen LogP contribution in [0.2, 0.25) is 0 Å². The number of rotatable bonds is 3. The molecular formula is C19H17NO3. The maximum absolute atomic E-state index is 12.7. The molecule has 1 N–H and O–H groups in total. The van der Waals surface area contributed by atoms with Gasteiger partial charge in [0.2, 0.25) is 0 Å². The standard InChI is InChI=1S/C19H17NO3/c1-3-10-20-16-12-15(21)8-9-17(16)23-18(19(20)22)11-14-6-4-13(2)5-7-14/h1,4-9,12,18,21H,10-11H2,2H3. The van der Waals surface area contributed by atoms with Crippen LogP contribution in [0.5, 0.6) is 11.5 Å². The van der Waals surface area contributed by atoms with Crippen molar-refractivity contribution >= 4 is 11.6 Å². The van der Waals surface area contributed by atoms with Gasteiger partial charge in [0.25, 0.3) is 5.91 Å². The molecule has 0 aromatic heterocycles. The van der Waals surface area contributed by atoms with Gasteiger partial charge < -0.3 is 9.84 Å². The lowest BCUT2D eigenvalue weighted by Crippen LogP contribution is -2.47. The van der Waals surface area contributed by atoms with E-state index in [2.05, 4.69) is 5.92 Å². The van der Waals surface area contributed by atoms with Crippen LogP contribution in [0.1, 0.15) is 11.1 Å². The van der Waals surface area contributed by atoms with Gasteiger partial charge in [0.05, 0.1) is 12.2 Å². The Kier molecular flexibility index (Phi) is 3.94. The molecule has 23 heavy (non-hydrogen) atoms. The SMILES string of the molecule is C#CCN1C(=O)C(Cc2ccc(C)cc2)Oc2ccc(O)cc21. The number of anilines is 1. The summed E-state index contributed by atoms with van der Waals surface area (Å²) in [4.78, 5) is 14.2. The Morgan fingerprint density at radius 3 is 2.70 bits per heavy atom. The van der Waals surface area contributed by atoms with E-state index in [1.807, 2.05) is 31.2 Å². The molecule has 116 valence electrons. The number of carbonyl (C=O) groups is 1. The zero-order valence-corrected chi connectivity index (χ0v) is 12.8. The third-order valence-corrected chi connectivity index (χ3v) is 3.84. The van der Waals surface area contributed by atoms with Gasteiger partial charge in [0.15, 0.2) is 6.10 Å². The minimum absolute atomic E-state index is 0.0687. The third-order valence-electron chi connectivity index (χ3n) is 3.84. The van der Waals surface area contributed by atoms with Gasteiger partial charge in [0, 0.05) is 12.5 Å². The Balaban J connectivity index is 1.91. The first-order chi connectivity index (χ1) is 11.1. The number of terminal acetylenes is 1. The van der Waals surface area contributed by atoms with Gasteiger partial charge in [-0.2, -0.15) is 0 Å². The Hall–Kier alpha value is -2.93. The van der Waals surface area contributed by atoms with Crippen LogP contribution in [-0.4, -0.2) is 23.7 Å². The predicted molar refractivity (Wildman–Crippen MR) is 88.6 cm³/mol. The molecule has 0 aliphatic carbocycles. The molecule has 4 nitrogen and oxygen atoms in total. The summed E-state index contributed by atoms with van der Waals surface area (Å²) < 4.78 is 5.84. The van der Waals surface area contributed by atoms with E-state index in [-0.39, 0.29) is 18.2 Å². The summed E-state index contributed by atoms with van der Waals surface area (Å²) >= 11 is 0. The smallest absolute Gasteiger partial charge is 0.269 e. The van der Waals surface area contributed by atoms with Crippen molar-refractivity contribution in [1.82, 2.24) is 0 Å².